The monoisotopic (exact) mass is 265 g/mol. The van der Waals surface area contributed by atoms with Gasteiger partial charge in [0.05, 0.1) is 0 Å². The maximum Gasteiger partial charge on any atom is 0.226 e. The van der Waals surface area contributed by atoms with Gasteiger partial charge in [-0.3, -0.25) is 4.79 Å². The van der Waals surface area contributed by atoms with Crippen LogP contribution in [0.1, 0.15) is 31.7 Å². The molecule has 1 aromatic rings. The molecule has 1 amide bonds. The van der Waals surface area contributed by atoms with Crippen molar-refractivity contribution in [2.75, 3.05) is 12.4 Å². The number of halogens is 1. The van der Waals surface area contributed by atoms with Gasteiger partial charge in [0.2, 0.25) is 5.91 Å². The highest BCUT2D eigenvalue weighted by Crippen LogP contribution is 2.48. The van der Waals surface area contributed by atoms with Gasteiger partial charge in [-0.25, -0.2) is 0 Å². The highest BCUT2D eigenvalue weighted by Gasteiger charge is 2.45. The normalized spacial score (nSPS) is 22.0. The largest absolute Gasteiger partial charge is 0.339 e. The van der Waals surface area contributed by atoms with Crippen LogP contribution >= 0.6 is 11.6 Å². The van der Waals surface area contributed by atoms with E-state index >= 15 is 0 Å². The van der Waals surface area contributed by atoms with Gasteiger partial charge in [-0.15, -0.1) is 11.6 Å². The van der Waals surface area contributed by atoms with Crippen molar-refractivity contribution in [1.29, 1.82) is 0 Å². The van der Waals surface area contributed by atoms with Crippen LogP contribution in [-0.4, -0.2) is 29.3 Å². The summed E-state index contributed by atoms with van der Waals surface area (Å²) in [6.07, 6.45) is 0.981. The Bertz CT molecular complexity index is 404. The Morgan fingerprint density at radius 3 is 2.61 bits per heavy atom. The van der Waals surface area contributed by atoms with Crippen molar-refractivity contribution >= 4 is 17.5 Å². The van der Waals surface area contributed by atoms with E-state index in [1.165, 1.54) is 5.56 Å². The second-order valence-electron chi connectivity index (χ2n) is 5.17. The summed E-state index contributed by atoms with van der Waals surface area (Å²) in [7, 11) is 0. The standard InChI is InChI=1S/C15H20ClNO/c1-11(2)17(9-8-16)15(18)14-10-13(14)12-6-4-3-5-7-12/h3-7,11,13-14H,8-10H2,1-2H3. The van der Waals surface area contributed by atoms with Crippen molar-refractivity contribution in [3.05, 3.63) is 35.9 Å². The zero-order valence-corrected chi connectivity index (χ0v) is 11.7. The van der Waals surface area contributed by atoms with Crippen molar-refractivity contribution in [3.63, 3.8) is 0 Å². The first-order valence-electron chi connectivity index (χ1n) is 6.56. The lowest BCUT2D eigenvalue weighted by molar-refractivity contribution is -0.134. The molecule has 98 valence electrons. The third kappa shape index (κ3) is 2.86. The average Bonchev–Trinajstić information content (AvgIpc) is 3.16. The number of amides is 1. The Kier molecular flexibility index (Phi) is 4.28. The molecule has 3 heteroatoms. The van der Waals surface area contributed by atoms with E-state index in [1.54, 1.807) is 0 Å². The molecule has 1 aliphatic rings. The van der Waals surface area contributed by atoms with Gasteiger partial charge in [0.1, 0.15) is 0 Å². The molecule has 2 rings (SSSR count). The zero-order valence-electron chi connectivity index (χ0n) is 11.0. The Morgan fingerprint density at radius 2 is 2.06 bits per heavy atom. The number of benzene rings is 1. The van der Waals surface area contributed by atoms with Gasteiger partial charge in [-0.05, 0) is 31.7 Å². The van der Waals surface area contributed by atoms with Crippen LogP contribution in [0.15, 0.2) is 30.3 Å². The molecular weight excluding hydrogens is 246 g/mol. The van der Waals surface area contributed by atoms with Gasteiger partial charge < -0.3 is 4.90 Å². The minimum atomic E-state index is 0.165. The highest BCUT2D eigenvalue weighted by molar-refractivity contribution is 6.18. The molecule has 1 fully saturated rings. The van der Waals surface area contributed by atoms with Gasteiger partial charge in [0.25, 0.3) is 0 Å². The third-order valence-corrected chi connectivity index (χ3v) is 3.74. The Hall–Kier alpha value is -1.02. The smallest absolute Gasteiger partial charge is 0.226 e. The molecule has 18 heavy (non-hydrogen) atoms. The molecule has 2 atom stereocenters. The van der Waals surface area contributed by atoms with E-state index < -0.39 is 0 Å². The molecule has 0 heterocycles. The fourth-order valence-corrected chi connectivity index (χ4v) is 2.65. The van der Waals surface area contributed by atoms with Gasteiger partial charge in [-0.1, -0.05) is 30.3 Å². The fraction of sp³-hybridized carbons (Fsp3) is 0.533. The van der Waals surface area contributed by atoms with Crippen LogP contribution in [0.3, 0.4) is 0 Å². The average molecular weight is 266 g/mol. The number of hydrogen-bond acceptors (Lipinski definition) is 1. The van der Waals surface area contributed by atoms with Crippen LogP contribution in [0.2, 0.25) is 0 Å². The number of rotatable bonds is 5. The number of carbonyl (C=O) groups excluding carboxylic acids is 1. The molecule has 1 aliphatic carbocycles. The lowest BCUT2D eigenvalue weighted by Gasteiger charge is -2.26. The Labute approximate surface area is 114 Å². The van der Waals surface area contributed by atoms with Crippen molar-refractivity contribution < 1.29 is 4.79 Å². The van der Waals surface area contributed by atoms with Crippen molar-refractivity contribution in [1.82, 2.24) is 4.90 Å². The molecular formula is C15H20ClNO. The van der Waals surface area contributed by atoms with E-state index in [-0.39, 0.29) is 17.9 Å². The number of hydrogen-bond donors (Lipinski definition) is 0. The molecule has 0 aromatic heterocycles. The second-order valence-corrected chi connectivity index (χ2v) is 5.55. The molecule has 0 radical (unpaired) electrons. The third-order valence-electron chi connectivity index (χ3n) is 3.57. The summed E-state index contributed by atoms with van der Waals surface area (Å²) in [5.74, 6) is 1.35. The Morgan fingerprint density at radius 1 is 1.39 bits per heavy atom. The van der Waals surface area contributed by atoms with Crippen LogP contribution < -0.4 is 0 Å². The summed E-state index contributed by atoms with van der Waals surface area (Å²) in [6, 6.07) is 10.5. The predicted octanol–water partition coefficient (Wildman–Crippen LogP) is 3.27. The zero-order chi connectivity index (χ0) is 13.1. The van der Waals surface area contributed by atoms with E-state index in [4.69, 9.17) is 11.6 Å². The van der Waals surface area contributed by atoms with Crippen LogP contribution in [-0.2, 0) is 4.79 Å². The fourth-order valence-electron chi connectivity index (χ4n) is 2.46. The summed E-state index contributed by atoms with van der Waals surface area (Å²) >= 11 is 5.77. The summed E-state index contributed by atoms with van der Waals surface area (Å²) in [5.41, 5.74) is 1.28. The lowest BCUT2D eigenvalue weighted by atomic mass is 10.1. The summed E-state index contributed by atoms with van der Waals surface area (Å²) in [5, 5.41) is 0. The molecule has 1 saturated carbocycles. The number of alkyl halides is 1. The van der Waals surface area contributed by atoms with Gasteiger partial charge in [0, 0.05) is 24.4 Å². The van der Waals surface area contributed by atoms with E-state index in [0.717, 1.165) is 6.42 Å². The first-order chi connectivity index (χ1) is 8.65. The summed E-state index contributed by atoms with van der Waals surface area (Å²) in [6.45, 7) is 4.74. The van der Waals surface area contributed by atoms with Crippen LogP contribution in [0.4, 0.5) is 0 Å². The SMILES string of the molecule is CC(C)N(CCCl)C(=O)C1CC1c1ccccc1. The topological polar surface area (TPSA) is 20.3 Å². The van der Waals surface area contributed by atoms with Crippen molar-refractivity contribution in [2.45, 2.75) is 32.2 Å². The van der Waals surface area contributed by atoms with Crippen molar-refractivity contribution in [3.8, 4) is 0 Å². The van der Waals surface area contributed by atoms with Crippen LogP contribution in [0.5, 0.6) is 0 Å². The molecule has 0 N–H and O–H groups in total. The van der Waals surface area contributed by atoms with Gasteiger partial charge in [0.15, 0.2) is 0 Å². The summed E-state index contributed by atoms with van der Waals surface area (Å²) < 4.78 is 0. The minimum Gasteiger partial charge on any atom is -0.339 e. The quantitative estimate of drug-likeness (QED) is 0.749. The van der Waals surface area contributed by atoms with E-state index in [9.17, 15) is 4.79 Å². The highest BCUT2D eigenvalue weighted by atomic mass is 35.5. The lowest BCUT2D eigenvalue weighted by Crippen LogP contribution is -2.39. The van der Waals surface area contributed by atoms with E-state index in [1.807, 2.05) is 36.9 Å². The molecule has 0 bridgehead atoms. The maximum atomic E-state index is 12.4. The van der Waals surface area contributed by atoms with Gasteiger partial charge >= 0.3 is 0 Å². The minimum absolute atomic E-state index is 0.165. The molecule has 0 aliphatic heterocycles. The molecule has 2 unspecified atom stereocenters. The molecule has 0 spiro atoms. The van der Waals surface area contributed by atoms with E-state index in [2.05, 4.69) is 12.1 Å². The first kappa shape index (κ1) is 13.4. The predicted molar refractivity (Wildman–Crippen MR) is 74.9 cm³/mol. The van der Waals surface area contributed by atoms with Crippen LogP contribution in [0.25, 0.3) is 0 Å². The maximum absolute atomic E-state index is 12.4. The van der Waals surface area contributed by atoms with E-state index in [0.29, 0.717) is 18.3 Å². The van der Waals surface area contributed by atoms with Crippen LogP contribution in [0, 0.1) is 5.92 Å². The van der Waals surface area contributed by atoms with Gasteiger partial charge in [-0.2, -0.15) is 0 Å². The number of nitrogens with zero attached hydrogens (tertiary/aromatic N) is 1. The number of carbonyl (C=O) groups is 1. The first-order valence-corrected chi connectivity index (χ1v) is 7.10. The molecule has 2 nitrogen and oxygen atoms in total. The molecule has 0 saturated heterocycles. The second kappa shape index (κ2) is 5.75. The molecule has 1 aromatic carbocycles. The Balaban J connectivity index is 2.00. The van der Waals surface area contributed by atoms with Crippen molar-refractivity contribution in [2.24, 2.45) is 5.92 Å². The summed E-state index contributed by atoms with van der Waals surface area (Å²) in [4.78, 5) is 14.3.